The lowest BCUT2D eigenvalue weighted by Gasteiger charge is -2.23. The number of hydrogen-bond acceptors (Lipinski definition) is 8. The summed E-state index contributed by atoms with van der Waals surface area (Å²) >= 11 is 0. The van der Waals surface area contributed by atoms with E-state index in [9.17, 15) is 21.6 Å². The van der Waals surface area contributed by atoms with Crippen LogP contribution in [0.4, 0.5) is 11.6 Å². The topological polar surface area (TPSA) is 151 Å². The molecule has 0 bridgehead atoms. The first kappa shape index (κ1) is 31.7. The number of unbranched alkanes of at least 4 members (excludes halogenated alkanes) is 1. The Morgan fingerprint density at radius 3 is 2.36 bits per heavy atom. The van der Waals surface area contributed by atoms with Crippen molar-refractivity contribution < 1.29 is 26.2 Å². The molecule has 2 aromatic carbocycles. The summed E-state index contributed by atoms with van der Waals surface area (Å²) in [7, 11) is -7.90. The normalized spacial score (nSPS) is 16.5. The predicted octanol–water partition coefficient (Wildman–Crippen LogP) is 5.76. The fourth-order valence-electron chi connectivity index (χ4n) is 5.74. The molecule has 1 amide bonds. The molecule has 5 rings (SSSR count). The minimum atomic E-state index is -4.16. The van der Waals surface area contributed by atoms with Gasteiger partial charge in [0, 0.05) is 23.1 Å². The quantitative estimate of drug-likeness (QED) is 0.255. The maximum atomic E-state index is 13.7. The first-order chi connectivity index (χ1) is 20.9. The van der Waals surface area contributed by atoms with Crippen LogP contribution < -0.4 is 9.44 Å². The number of aliphatic imine (C=N–C) groups is 1. The van der Waals surface area contributed by atoms with Gasteiger partial charge in [-0.3, -0.25) is 19.4 Å². The number of rotatable bonds is 12. The molecule has 1 spiro atoms. The van der Waals surface area contributed by atoms with Crippen molar-refractivity contribution in [1.29, 1.82) is 0 Å². The van der Waals surface area contributed by atoms with Gasteiger partial charge in [-0.05, 0) is 57.7 Å². The van der Waals surface area contributed by atoms with Crippen LogP contribution in [0.3, 0.4) is 0 Å². The maximum absolute atomic E-state index is 13.7. The van der Waals surface area contributed by atoms with E-state index >= 15 is 0 Å². The average Bonchev–Trinajstić information content (AvgIpc) is 3.67. The Bertz CT molecular complexity index is 1810. The predicted molar refractivity (Wildman–Crippen MR) is 170 cm³/mol. The van der Waals surface area contributed by atoms with E-state index in [-0.39, 0.29) is 34.7 Å². The molecule has 0 radical (unpaired) electrons. The zero-order valence-corrected chi connectivity index (χ0v) is 27.1. The molecule has 3 aromatic rings. The Hall–Kier alpha value is -3.71. The second-order valence-corrected chi connectivity index (χ2v) is 15.1. The molecule has 1 saturated carbocycles. The monoisotopic (exact) mass is 641 g/mol. The number of carbonyl (C=O) groups excluding carboxylic acids is 1. The molecule has 2 N–H and O–H groups in total. The number of sulfonamides is 2. The molecule has 236 valence electrons. The highest BCUT2D eigenvalue weighted by Crippen LogP contribution is 2.41. The minimum Gasteiger partial charge on any atom is -0.337 e. The van der Waals surface area contributed by atoms with Gasteiger partial charge in [0.05, 0.1) is 28.6 Å². The zero-order chi connectivity index (χ0) is 31.7. The molecule has 1 aliphatic carbocycles. The Kier molecular flexibility index (Phi) is 8.90. The van der Waals surface area contributed by atoms with Gasteiger partial charge in [-0.15, -0.1) is 0 Å². The first-order valence-corrected chi connectivity index (χ1v) is 18.1. The first-order valence-electron chi connectivity index (χ1n) is 15.0. The van der Waals surface area contributed by atoms with Gasteiger partial charge in [0.1, 0.15) is 11.4 Å². The van der Waals surface area contributed by atoms with E-state index in [0.717, 1.165) is 44.4 Å². The van der Waals surface area contributed by atoms with E-state index in [4.69, 9.17) is 9.52 Å². The lowest BCUT2D eigenvalue weighted by molar-refractivity contribution is -0.131. The lowest BCUT2D eigenvalue weighted by atomic mass is 9.97. The number of nitrogens with zero attached hydrogens (tertiary/aromatic N) is 3. The second-order valence-electron chi connectivity index (χ2n) is 11.5. The van der Waals surface area contributed by atoms with Crippen molar-refractivity contribution in [2.45, 2.75) is 89.6 Å². The van der Waals surface area contributed by atoms with Crippen molar-refractivity contribution in [1.82, 2.24) is 10.1 Å². The number of hydrogen-bond donors (Lipinski definition) is 2. The van der Waals surface area contributed by atoms with Crippen LogP contribution in [0.1, 0.15) is 75.6 Å². The van der Waals surface area contributed by atoms with Crippen molar-refractivity contribution in [2.24, 2.45) is 4.99 Å². The fourth-order valence-corrected chi connectivity index (χ4v) is 7.66. The summed E-state index contributed by atoms with van der Waals surface area (Å²) in [6.07, 6.45) is 5.99. The molecule has 2 heterocycles. The zero-order valence-electron chi connectivity index (χ0n) is 25.5. The van der Waals surface area contributed by atoms with Crippen LogP contribution in [0.2, 0.25) is 0 Å². The maximum Gasteiger partial charge on any atom is 0.264 e. The Labute approximate surface area is 259 Å². The Morgan fingerprint density at radius 1 is 0.977 bits per heavy atom. The van der Waals surface area contributed by atoms with Gasteiger partial charge in [0.15, 0.2) is 0 Å². The van der Waals surface area contributed by atoms with E-state index in [1.165, 1.54) is 13.0 Å². The summed E-state index contributed by atoms with van der Waals surface area (Å²) in [5.41, 5.74) is 2.01. The van der Waals surface area contributed by atoms with Crippen LogP contribution in [0.25, 0.3) is 11.1 Å². The molecule has 1 aliphatic heterocycles. The fraction of sp³-hybridized carbons (Fsp3) is 0.452. The van der Waals surface area contributed by atoms with Crippen LogP contribution >= 0.6 is 0 Å². The molecule has 0 atom stereocenters. The summed E-state index contributed by atoms with van der Waals surface area (Å²) in [6, 6.07) is 11.5. The van der Waals surface area contributed by atoms with E-state index in [2.05, 4.69) is 21.5 Å². The molecule has 11 nitrogen and oxygen atoms in total. The molecule has 1 aromatic heterocycles. The number of aryl methyl sites for hydroxylation is 1. The molecule has 0 saturated heterocycles. The van der Waals surface area contributed by atoms with E-state index in [0.29, 0.717) is 34.4 Å². The highest BCUT2D eigenvalue weighted by molar-refractivity contribution is 7.93. The van der Waals surface area contributed by atoms with Crippen LogP contribution in [-0.4, -0.2) is 49.9 Å². The number of anilines is 2. The highest BCUT2D eigenvalue weighted by Gasteiger charge is 2.49. The number of carbonyl (C=O) groups is 1. The Morgan fingerprint density at radius 2 is 1.70 bits per heavy atom. The summed E-state index contributed by atoms with van der Waals surface area (Å²) in [4.78, 5) is 20.3. The van der Waals surface area contributed by atoms with Gasteiger partial charge < -0.3 is 4.52 Å². The summed E-state index contributed by atoms with van der Waals surface area (Å²) < 4.78 is 63.1. The third-order valence-corrected chi connectivity index (χ3v) is 11.1. The molecule has 13 heteroatoms. The van der Waals surface area contributed by atoms with Gasteiger partial charge in [0.25, 0.3) is 15.9 Å². The van der Waals surface area contributed by atoms with Crippen molar-refractivity contribution in [3.63, 3.8) is 0 Å². The summed E-state index contributed by atoms with van der Waals surface area (Å²) in [5, 5.41) is 3.83. The van der Waals surface area contributed by atoms with Gasteiger partial charge in [-0.25, -0.2) is 21.6 Å². The molecule has 44 heavy (non-hydrogen) atoms. The van der Waals surface area contributed by atoms with Crippen LogP contribution in [0, 0.1) is 13.8 Å². The van der Waals surface area contributed by atoms with Crippen molar-refractivity contribution >= 4 is 43.4 Å². The minimum absolute atomic E-state index is 0.00123. The molecule has 1 fully saturated rings. The summed E-state index contributed by atoms with van der Waals surface area (Å²) in [5.74, 6) is 0.610. The molecule has 0 unspecified atom stereocenters. The second kappa shape index (κ2) is 12.4. The number of amides is 1. The molecular formula is C31H39N5O6S2. The lowest BCUT2D eigenvalue weighted by Crippen LogP contribution is -2.40. The van der Waals surface area contributed by atoms with Gasteiger partial charge in [-0.1, -0.05) is 61.7 Å². The van der Waals surface area contributed by atoms with Crippen LogP contribution in [-0.2, 0) is 31.4 Å². The van der Waals surface area contributed by atoms with E-state index < -0.39 is 25.6 Å². The van der Waals surface area contributed by atoms with Crippen molar-refractivity contribution in [2.75, 3.05) is 15.2 Å². The standard InChI is InChI=1S/C31H39N5O6S2/c1-5-7-14-28-32-31(17-10-11-18-31)30(37)36(28)20-23-15-16-24(26(19-23)34-43(38,39)6-2)25-12-8-9-13-27(25)44(40,41)35-29-21(3)22(4)33-42-29/h8-9,12-13,15-16,19,34-35H,5-7,10-11,14,17-18,20H2,1-4H3. The van der Waals surface area contributed by atoms with Gasteiger partial charge in [0.2, 0.25) is 15.9 Å². The third kappa shape index (κ3) is 6.25. The molecule has 2 aliphatic rings. The number of nitrogens with one attached hydrogen (secondary N) is 2. The van der Waals surface area contributed by atoms with Crippen LogP contribution in [0.5, 0.6) is 0 Å². The Balaban J connectivity index is 1.54. The third-order valence-electron chi connectivity index (χ3n) is 8.40. The van der Waals surface area contributed by atoms with E-state index in [1.807, 2.05) is 0 Å². The van der Waals surface area contributed by atoms with E-state index in [1.54, 1.807) is 55.1 Å². The summed E-state index contributed by atoms with van der Waals surface area (Å²) in [6.45, 7) is 7.26. The SMILES string of the molecule is CCCCC1=NC2(CCCC2)C(=O)N1Cc1ccc(-c2ccccc2S(=O)(=O)Nc2onc(C)c2C)c(NS(=O)(=O)CC)c1. The van der Waals surface area contributed by atoms with Gasteiger partial charge >= 0.3 is 0 Å². The number of amidine groups is 1. The number of benzene rings is 2. The average molecular weight is 642 g/mol. The van der Waals surface area contributed by atoms with Crippen molar-refractivity contribution in [3.05, 3.63) is 59.3 Å². The van der Waals surface area contributed by atoms with Gasteiger partial charge in [-0.2, -0.15) is 0 Å². The smallest absolute Gasteiger partial charge is 0.264 e. The number of aromatic nitrogens is 1. The highest BCUT2D eigenvalue weighted by atomic mass is 32.2. The molecular weight excluding hydrogens is 603 g/mol. The van der Waals surface area contributed by atoms with Crippen LogP contribution in [0.15, 0.2) is 56.9 Å². The largest absolute Gasteiger partial charge is 0.337 e. The van der Waals surface area contributed by atoms with Crippen molar-refractivity contribution in [3.8, 4) is 11.1 Å².